The van der Waals surface area contributed by atoms with Gasteiger partial charge in [0.05, 0.1) is 17.6 Å². The largest absolute Gasteiger partial charge is 0.465 e. The predicted molar refractivity (Wildman–Crippen MR) is 105 cm³/mol. The van der Waals surface area contributed by atoms with Gasteiger partial charge in [-0.3, -0.25) is 4.79 Å². The Morgan fingerprint density at radius 1 is 1.07 bits per heavy atom. The quantitative estimate of drug-likeness (QED) is 0.716. The summed E-state index contributed by atoms with van der Waals surface area (Å²) in [4.78, 5) is 25.7. The van der Waals surface area contributed by atoms with Crippen molar-refractivity contribution < 1.29 is 22.7 Å². The van der Waals surface area contributed by atoms with E-state index in [0.29, 0.717) is 12.1 Å². The van der Waals surface area contributed by atoms with Crippen molar-refractivity contribution >= 4 is 21.9 Å². The van der Waals surface area contributed by atoms with Crippen molar-refractivity contribution in [2.24, 2.45) is 0 Å². The van der Waals surface area contributed by atoms with E-state index in [9.17, 15) is 18.0 Å². The second-order valence-corrected chi connectivity index (χ2v) is 8.37. The van der Waals surface area contributed by atoms with E-state index < -0.39 is 16.0 Å². The summed E-state index contributed by atoms with van der Waals surface area (Å²) in [6.07, 6.45) is 0. The number of esters is 1. The number of hydrogen-bond donors (Lipinski definition) is 1. The van der Waals surface area contributed by atoms with Gasteiger partial charge in [-0.15, -0.1) is 0 Å². The Morgan fingerprint density at radius 3 is 2.29 bits per heavy atom. The van der Waals surface area contributed by atoms with Crippen LogP contribution in [0.2, 0.25) is 0 Å². The van der Waals surface area contributed by atoms with E-state index in [2.05, 4.69) is 9.46 Å². The number of nitrogens with zero attached hydrogens (tertiary/aromatic N) is 1. The Kier molecular flexibility index (Phi) is 6.93. The molecule has 0 aromatic heterocycles. The standard InChI is InChI=1S/C20H24N2O5S/c1-14(2)21-28(25,26)18-7-5-6-17(12-18)19(23)22(3)13-15-8-10-16(11-9-15)20(24)27-4/h5-12,14,21H,13H2,1-4H3. The average Bonchev–Trinajstić information content (AvgIpc) is 2.66. The lowest BCUT2D eigenvalue weighted by atomic mass is 10.1. The highest BCUT2D eigenvalue weighted by atomic mass is 32.2. The molecular formula is C20H24N2O5S. The molecule has 0 fully saturated rings. The zero-order valence-electron chi connectivity index (χ0n) is 16.3. The van der Waals surface area contributed by atoms with Gasteiger partial charge in [-0.2, -0.15) is 0 Å². The van der Waals surface area contributed by atoms with Crippen LogP contribution in [-0.4, -0.2) is 45.4 Å². The van der Waals surface area contributed by atoms with Crippen molar-refractivity contribution in [3.63, 3.8) is 0 Å². The first-order valence-electron chi connectivity index (χ1n) is 8.69. The molecular weight excluding hydrogens is 380 g/mol. The van der Waals surface area contributed by atoms with Gasteiger partial charge < -0.3 is 9.64 Å². The van der Waals surface area contributed by atoms with E-state index in [0.717, 1.165) is 5.56 Å². The Morgan fingerprint density at radius 2 is 1.71 bits per heavy atom. The van der Waals surface area contributed by atoms with E-state index in [1.165, 1.54) is 24.1 Å². The van der Waals surface area contributed by atoms with Crippen LogP contribution in [0.5, 0.6) is 0 Å². The normalized spacial score (nSPS) is 11.3. The molecule has 7 nitrogen and oxygen atoms in total. The van der Waals surface area contributed by atoms with Gasteiger partial charge in [0.15, 0.2) is 0 Å². The molecule has 0 saturated heterocycles. The van der Waals surface area contributed by atoms with Crippen LogP contribution in [0.1, 0.15) is 40.1 Å². The summed E-state index contributed by atoms with van der Waals surface area (Å²) in [5.41, 5.74) is 1.53. The summed E-state index contributed by atoms with van der Waals surface area (Å²) in [7, 11) is -0.738. The van der Waals surface area contributed by atoms with Crippen molar-refractivity contribution in [2.75, 3.05) is 14.2 Å². The van der Waals surface area contributed by atoms with Crippen molar-refractivity contribution in [1.82, 2.24) is 9.62 Å². The summed E-state index contributed by atoms with van der Waals surface area (Å²) in [6, 6.07) is 12.4. The highest BCUT2D eigenvalue weighted by Gasteiger charge is 2.19. The van der Waals surface area contributed by atoms with E-state index in [1.807, 2.05) is 0 Å². The number of sulfonamides is 1. The lowest BCUT2D eigenvalue weighted by Crippen LogP contribution is -2.31. The summed E-state index contributed by atoms with van der Waals surface area (Å²) in [5.74, 6) is -0.734. The van der Waals surface area contributed by atoms with Crippen LogP contribution in [0.4, 0.5) is 0 Å². The Bertz CT molecular complexity index is 953. The number of methoxy groups -OCH3 is 1. The van der Waals surface area contributed by atoms with Crippen molar-refractivity contribution in [3.8, 4) is 0 Å². The smallest absolute Gasteiger partial charge is 0.337 e. The number of rotatable bonds is 7. The third-order valence-corrected chi connectivity index (χ3v) is 5.58. The first-order chi connectivity index (χ1) is 13.1. The first kappa shape index (κ1) is 21.6. The molecule has 0 aliphatic carbocycles. The van der Waals surface area contributed by atoms with Crippen LogP contribution < -0.4 is 4.72 Å². The third kappa shape index (κ3) is 5.40. The lowest BCUT2D eigenvalue weighted by Gasteiger charge is -2.18. The molecule has 0 radical (unpaired) electrons. The number of nitrogens with one attached hydrogen (secondary N) is 1. The van der Waals surface area contributed by atoms with Crippen LogP contribution in [0.3, 0.4) is 0 Å². The molecule has 0 bridgehead atoms. The van der Waals surface area contributed by atoms with E-state index >= 15 is 0 Å². The zero-order chi connectivity index (χ0) is 20.9. The molecule has 0 unspecified atom stereocenters. The van der Waals surface area contributed by atoms with E-state index in [-0.39, 0.29) is 22.4 Å². The van der Waals surface area contributed by atoms with Crippen molar-refractivity contribution in [2.45, 2.75) is 31.3 Å². The molecule has 0 spiro atoms. The molecule has 1 N–H and O–H groups in total. The van der Waals surface area contributed by atoms with Gasteiger partial charge in [-0.25, -0.2) is 17.9 Å². The molecule has 150 valence electrons. The van der Waals surface area contributed by atoms with E-state index in [1.54, 1.807) is 57.3 Å². The highest BCUT2D eigenvalue weighted by molar-refractivity contribution is 7.89. The summed E-state index contributed by atoms with van der Waals surface area (Å²) < 4.78 is 31.8. The van der Waals surface area contributed by atoms with Gasteiger partial charge in [-0.05, 0) is 49.7 Å². The second kappa shape index (κ2) is 8.99. The van der Waals surface area contributed by atoms with Gasteiger partial charge in [0.25, 0.3) is 5.91 Å². The second-order valence-electron chi connectivity index (χ2n) is 6.65. The number of amides is 1. The number of hydrogen-bond acceptors (Lipinski definition) is 5. The fourth-order valence-corrected chi connectivity index (χ4v) is 3.90. The molecule has 0 aliphatic heterocycles. The minimum atomic E-state index is -3.68. The van der Waals surface area contributed by atoms with Crippen LogP contribution in [-0.2, 0) is 21.3 Å². The molecule has 1 amide bonds. The average molecular weight is 404 g/mol. The van der Waals surface area contributed by atoms with Gasteiger partial charge in [-0.1, -0.05) is 18.2 Å². The van der Waals surface area contributed by atoms with Crippen LogP contribution in [0.25, 0.3) is 0 Å². The van der Waals surface area contributed by atoms with Gasteiger partial charge >= 0.3 is 5.97 Å². The molecule has 2 aromatic rings. The summed E-state index contributed by atoms with van der Waals surface area (Å²) in [5, 5.41) is 0. The molecule has 28 heavy (non-hydrogen) atoms. The Balaban J connectivity index is 2.15. The SMILES string of the molecule is COC(=O)c1ccc(CN(C)C(=O)c2cccc(S(=O)(=O)NC(C)C)c2)cc1. The highest BCUT2D eigenvalue weighted by Crippen LogP contribution is 2.15. The predicted octanol–water partition coefficient (Wildman–Crippen LogP) is 2.43. The third-order valence-electron chi connectivity index (χ3n) is 3.92. The minimum Gasteiger partial charge on any atom is -0.465 e. The lowest BCUT2D eigenvalue weighted by molar-refractivity contribution is 0.0600. The number of carbonyl (C=O) groups is 2. The first-order valence-corrected chi connectivity index (χ1v) is 10.2. The van der Waals surface area contributed by atoms with E-state index in [4.69, 9.17) is 0 Å². The monoisotopic (exact) mass is 404 g/mol. The molecule has 0 saturated carbocycles. The fourth-order valence-electron chi connectivity index (χ4n) is 2.60. The summed E-state index contributed by atoms with van der Waals surface area (Å²) >= 11 is 0. The minimum absolute atomic E-state index is 0.0443. The fraction of sp³-hybridized carbons (Fsp3) is 0.300. The number of benzene rings is 2. The molecule has 0 atom stereocenters. The number of ether oxygens (including phenoxy) is 1. The number of carbonyl (C=O) groups excluding carboxylic acids is 2. The maximum absolute atomic E-state index is 12.7. The van der Waals surface area contributed by atoms with Crippen LogP contribution in [0, 0.1) is 0 Å². The molecule has 2 rings (SSSR count). The zero-order valence-corrected chi connectivity index (χ0v) is 17.1. The van der Waals surface area contributed by atoms with Gasteiger partial charge in [0.1, 0.15) is 0 Å². The topological polar surface area (TPSA) is 92.8 Å². The van der Waals surface area contributed by atoms with Crippen molar-refractivity contribution in [1.29, 1.82) is 0 Å². The molecule has 0 heterocycles. The molecule has 8 heteroatoms. The maximum atomic E-state index is 12.7. The Hall–Kier alpha value is -2.71. The molecule has 0 aliphatic rings. The van der Waals surface area contributed by atoms with Gasteiger partial charge in [0.2, 0.25) is 10.0 Å². The Labute approximate surface area is 165 Å². The summed E-state index contributed by atoms with van der Waals surface area (Å²) in [6.45, 7) is 3.76. The maximum Gasteiger partial charge on any atom is 0.337 e. The van der Waals surface area contributed by atoms with Crippen LogP contribution >= 0.6 is 0 Å². The van der Waals surface area contributed by atoms with Gasteiger partial charge in [0, 0.05) is 25.2 Å². The molecule has 2 aromatic carbocycles. The van der Waals surface area contributed by atoms with Crippen LogP contribution in [0.15, 0.2) is 53.4 Å². The van der Waals surface area contributed by atoms with Crippen molar-refractivity contribution in [3.05, 3.63) is 65.2 Å².